The van der Waals surface area contributed by atoms with Crippen LogP contribution in [0.3, 0.4) is 0 Å². The van der Waals surface area contributed by atoms with Crippen LogP contribution >= 0.6 is 0 Å². The van der Waals surface area contributed by atoms with E-state index in [9.17, 15) is 4.79 Å². The number of aromatic nitrogens is 2. The molecule has 0 aliphatic heterocycles. The van der Waals surface area contributed by atoms with Crippen molar-refractivity contribution < 1.29 is 4.79 Å². The van der Waals surface area contributed by atoms with Crippen LogP contribution in [0.2, 0.25) is 0 Å². The van der Waals surface area contributed by atoms with Crippen molar-refractivity contribution in [3.05, 3.63) is 58.7 Å². The third-order valence-electron chi connectivity index (χ3n) is 2.54. The van der Waals surface area contributed by atoms with Crippen LogP contribution in [0.4, 0.5) is 11.4 Å². The number of carbonyl (C=O) groups excluding carboxylic acids is 1. The van der Waals surface area contributed by atoms with E-state index in [4.69, 9.17) is 5.53 Å². The number of carbonyl (C=O) groups is 1. The number of azide groups is 1. The van der Waals surface area contributed by atoms with Crippen molar-refractivity contribution in [3.63, 3.8) is 0 Å². The molecule has 7 heteroatoms. The first-order valence-electron chi connectivity index (χ1n) is 5.42. The predicted octanol–water partition coefficient (Wildman–Crippen LogP) is 2.70. The largest absolute Gasteiger partial charge is 0.310 e. The molecule has 0 atom stereocenters. The van der Waals surface area contributed by atoms with Gasteiger partial charge in [0, 0.05) is 23.2 Å². The maximum absolute atomic E-state index is 12.2. The Bertz CT molecular complexity index is 618. The van der Waals surface area contributed by atoms with Gasteiger partial charge in [0.25, 0.3) is 5.91 Å². The van der Waals surface area contributed by atoms with Gasteiger partial charge in [-0.25, -0.2) is 0 Å². The summed E-state index contributed by atoms with van der Waals surface area (Å²) in [6.07, 6.45) is 3.02. The minimum absolute atomic E-state index is 0.180. The summed E-state index contributed by atoms with van der Waals surface area (Å²) in [6.45, 7) is 0. The highest BCUT2D eigenvalue weighted by Gasteiger charge is 2.13. The van der Waals surface area contributed by atoms with E-state index in [0.717, 1.165) is 0 Å². The second kappa shape index (κ2) is 5.61. The van der Waals surface area contributed by atoms with Crippen LogP contribution in [0.15, 0.2) is 47.8 Å². The van der Waals surface area contributed by atoms with E-state index >= 15 is 0 Å². The monoisotopic (exact) mass is 254 g/mol. The van der Waals surface area contributed by atoms with Gasteiger partial charge in [-0.1, -0.05) is 17.2 Å². The average Bonchev–Trinajstić information content (AvgIpc) is 2.48. The Morgan fingerprint density at radius 2 is 2.00 bits per heavy atom. The molecule has 0 unspecified atom stereocenters. The molecule has 19 heavy (non-hydrogen) atoms. The third kappa shape index (κ3) is 2.85. The first kappa shape index (κ1) is 12.5. The van der Waals surface area contributed by atoms with Crippen LogP contribution in [-0.2, 0) is 0 Å². The molecule has 1 aromatic heterocycles. The molecule has 1 amide bonds. The zero-order valence-electron chi connectivity index (χ0n) is 10.1. The van der Waals surface area contributed by atoms with Crippen LogP contribution < -0.4 is 4.90 Å². The molecule has 7 nitrogen and oxygen atoms in total. The Hall–Kier alpha value is -2.92. The van der Waals surface area contributed by atoms with Crippen LogP contribution in [0, 0.1) is 0 Å². The van der Waals surface area contributed by atoms with Crippen LogP contribution in [0.5, 0.6) is 0 Å². The molecule has 0 radical (unpaired) electrons. The fourth-order valence-corrected chi connectivity index (χ4v) is 1.52. The molecular weight excluding hydrogens is 244 g/mol. The van der Waals surface area contributed by atoms with Crippen LogP contribution in [0.25, 0.3) is 10.4 Å². The van der Waals surface area contributed by atoms with E-state index in [0.29, 0.717) is 16.9 Å². The Morgan fingerprint density at radius 1 is 1.26 bits per heavy atom. The highest BCUT2D eigenvalue weighted by molar-refractivity contribution is 6.05. The molecule has 0 saturated carbocycles. The zero-order chi connectivity index (χ0) is 13.7. The molecule has 0 aliphatic carbocycles. The molecule has 94 valence electrons. The number of hydrogen-bond donors (Lipinski definition) is 0. The molecule has 0 N–H and O–H groups in total. The normalized spacial score (nSPS) is 9.53. The summed E-state index contributed by atoms with van der Waals surface area (Å²) in [4.78, 5) is 16.3. The molecular formula is C12H10N6O. The Kier molecular flexibility index (Phi) is 3.70. The van der Waals surface area contributed by atoms with Crippen LogP contribution in [-0.4, -0.2) is 23.2 Å². The molecule has 0 aliphatic rings. The summed E-state index contributed by atoms with van der Waals surface area (Å²) in [5.74, 6) is -0.180. The van der Waals surface area contributed by atoms with Gasteiger partial charge >= 0.3 is 0 Å². The average molecular weight is 254 g/mol. The second-order valence-corrected chi connectivity index (χ2v) is 3.70. The Morgan fingerprint density at radius 3 is 2.58 bits per heavy atom. The van der Waals surface area contributed by atoms with E-state index in [1.54, 1.807) is 37.4 Å². The van der Waals surface area contributed by atoms with E-state index in [1.165, 1.54) is 17.3 Å². The van der Waals surface area contributed by atoms with Crippen molar-refractivity contribution in [2.45, 2.75) is 0 Å². The molecule has 0 saturated heterocycles. The standard InChI is InChI=1S/C12H10N6O/c1-18(11-6-7-14-15-8-11)12(19)9-2-4-10(5-3-9)16-17-13/h2-8H,1H3. The van der Waals surface area contributed by atoms with Crippen molar-refractivity contribution in [1.82, 2.24) is 10.2 Å². The lowest BCUT2D eigenvalue weighted by Crippen LogP contribution is -2.26. The summed E-state index contributed by atoms with van der Waals surface area (Å²) < 4.78 is 0. The quantitative estimate of drug-likeness (QED) is 0.478. The predicted molar refractivity (Wildman–Crippen MR) is 70.0 cm³/mol. The molecule has 2 aromatic rings. The maximum Gasteiger partial charge on any atom is 0.258 e. The van der Waals surface area contributed by atoms with Crippen molar-refractivity contribution in [1.29, 1.82) is 0 Å². The number of hydrogen-bond acceptors (Lipinski definition) is 4. The summed E-state index contributed by atoms with van der Waals surface area (Å²) in [5, 5.41) is 10.8. The van der Waals surface area contributed by atoms with Gasteiger partial charge in [0.15, 0.2) is 0 Å². The van der Waals surface area contributed by atoms with Gasteiger partial charge in [-0.2, -0.15) is 10.2 Å². The Balaban J connectivity index is 2.22. The summed E-state index contributed by atoms with van der Waals surface area (Å²) in [6, 6.07) is 8.09. The van der Waals surface area contributed by atoms with E-state index in [2.05, 4.69) is 20.2 Å². The fourth-order valence-electron chi connectivity index (χ4n) is 1.52. The van der Waals surface area contributed by atoms with Gasteiger partial charge < -0.3 is 4.90 Å². The highest BCUT2D eigenvalue weighted by atomic mass is 16.2. The molecule has 0 fully saturated rings. The minimum atomic E-state index is -0.180. The van der Waals surface area contributed by atoms with Crippen molar-refractivity contribution in [2.75, 3.05) is 11.9 Å². The Labute approximate surface area is 109 Å². The number of nitrogens with zero attached hydrogens (tertiary/aromatic N) is 6. The number of benzene rings is 1. The summed E-state index contributed by atoms with van der Waals surface area (Å²) in [7, 11) is 1.65. The number of rotatable bonds is 3. The lowest BCUT2D eigenvalue weighted by Gasteiger charge is -2.16. The molecule has 0 spiro atoms. The molecule has 1 heterocycles. The lowest BCUT2D eigenvalue weighted by atomic mass is 10.2. The summed E-state index contributed by atoms with van der Waals surface area (Å²) in [5.41, 5.74) is 9.92. The zero-order valence-corrected chi connectivity index (χ0v) is 10.1. The first-order chi connectivity index (χ1) is 9.22. The van der Waals surface area contributed by atoms with Crippen molar-refractivity contribution >= 4 is 17.3 Å². The first-order valence-corrected chi connectivity index (χ1v) is 5.42. The lowest BCUT2D eigenvalue weighted by molar-refractivity contribution is 0.0993. The fraction of sp³-hybridized carbons (Fsp3) is 0.0833. The molecule has 2 rings (SSSR count). The molecule has 1 aromatic carbocycles. The van der Waals surface area contributed by atoms with E-state index in [-0.39, 0.29) is 5.91 Å². The van der Waals surface area contributed by atoms with Gasteiger partial charge in [-0.15, -0.1) is 0 Å². The minimum Gasteiger partial charge on any atom is -0.310 e. The highest BCUT2D eigenvalue weighted by Crippen LogP contribution is 2.17. The third-order valence-corrected chi connectivity index (χ3v) is 2.54. The van der Waals surface area contributed by atoms with Crippen molar-refractivity contribution in [2.24, 2.45) is 5.11 Å². The van der Waals surface area contributed by atoms with Gasteiger partial charge in [-0.05, 0) is 23.7 Å². The topological polar surface area (TPSA) is 94.9 Å². The van der Waals surface area contributed by atoms with Crippen molar-refractivity contribution in [3.8, 4) is 0 Å². The van der Waals surface area contributed by atoms with Gasteiger partial charge in [0.1, 0.15) is 0 Å². The van der Waals surface area contributed by atoms with E-state index in [1.807, 2.05) is 0 Å². The smallest absolute Gasteiger partial charge is 0.258 e. The van der Waals surface area contributed by atoms with Crippen LogP contribution in [0.1, 0.15) is 10.4 Å². The SMILES string of the molecule is CN(C(=O)c1ccc(N=[N+]=[N-])cc1)c1ccnnc1. The van der Waals surface area contributed by atoms with Gasteiger partial charge in [0.05, 0.1) is 18.1 Å². The van der Waals surface area contributed by atoms with E-state index < -0.39 is 0 Å². The van der Waals surface area contributed by atoms with Gasteiger partial charge in [0.2, 0.25) is 0 Å². The number of amides is 1. The summed E-state index contributed by atoms with van der Waals surface area (Å²) >= 11 is 0. The number of anilines is 1. The maximum atomic E-state index is 12.2. The second-order valence-electron chi connectivity index (χ2n) is 3.70. The molecule has 0 bridgehead atoms. The van der Waals surface area contributed by atoms with Gasteiger partial charge in [-0.3, -0.25) is 4.79 Å².